The van der Waals surface area contributed by atoms with Crippen LogP contribution in [0.4, 0.5) is 5.69 Å². The van der Waals surface area contributed by atoms with Crippen molar-refractivity contribution in [1.29, 1.82) is 0 Å². The summed E-state index contributed by atoms with van der Waals surface area (Å²) in [5.74, 6) is -0.565. The molecule has 1 N–H and O–H groups in total. The fourth-order valence-corrected chi connectivity index (χ4v) is 1.88. The number of methoxy groups -OCH3 is 1. The molecule has 0 radical (unpaired) electrons. The fraction of sp³-hybridized carbons (Fsp3) is 0.545. The molecule has 0 saturated carbocycles. The normalized spacial score (nSPS) is 15.9. The van der Waals surface area contributed by atoms with Gasteiger partial charge in [0, 0.05) is 13.1 Å². The fourth-order valence-electron chi connectivity index (χ4n) is 1.69. The molecule has 0 atom stereocenters. The van der Waals surface area contributed by atoms with Crippen LogP contribution >= 0.6 is 11.6 Å². The number of rotatable bonds is 4. The lowest BCUT2D eigenvalue weighted by Crippen LogP contribution is -2.41. The van der Waals surface area contributed by atoms with Crippen LogP contribution in [0.5, 0.6) is 0 Å². The Hall–Kier alpha value is -1.64. The number of hydrazine groups is 1. The van der Waals surface area contributed by atoms with Crippen LogP contribution < -0.4 is 11.0 Å². The summed E-state index contributed by atoms with van der Waals surface area (Å²) >= 11 is 6.00. The molecule has 110 valence electrons. The van der Waals surface area contributed by atoms with E-state index in [1.165, 1.54) is 13.3 Å². The van der Waals surface area contributed by atoms with E-state index >= 15 is 0 Å². The maximum atomic E-state index is 12.0. The Kier molecular flexibility index (Phi) is 4.94. The highest BCUT2D eigenvalue weighted by atomic mass is 35.5. The van der Waals surface area contributed by atoms with Crippen molar-refractivity contribution in [1.82, 2.24) is 14.8 Å². The van der Waals surface area contributed by atoms with Gasteiger partial charge in [0.15, 0.2) is 0 Å². The smallest absolute Gasteiger partial charge is 0.327 e. The van der Waals surface area contributed by atoms with Crippen LogP contribution in [0.25, 0.3) is 0 Å². The number of halogens is 1. The number of hydrogen-bond acceptors (Lipinski definition) is 7. The molecule has 0 unspecified atom stereocenters. The zero-order valence-corrected chi connectivity index (χ0v) is 11.7. The first-order valence-corrected chi connectivity index (χ1v) is 6.41. The summed E-state index contributed by atoms with van der Waals surface area (Å²) in [6, 6.07) is 0. The lowest BCUT2D eigenvalue weighted by Gasteiger charge is -2.28. The SMILES string of the molecule is COC(=O)Cn1ncc(NN2CCOCC2)c(Cl)c1=O. The van der Waals surface area contributed by atoms with E-state index in [-0.39, 0.29) is 11.6 Å². The van der Waals surface area contributed by atoms with Crippen LogP contribution in [0, 0.1) is 0 Å². The van der Waals surface area contributed by atoms with E-state index in [0.29, 0.717) is 32.0 Å². The Labute approximate surface area is 120 Å². The number of hydrogen-bond donors (Lipinski definition) is 1. The second-order valence-corrected chi connectivity index (χ2v) is 4.50. The van der Waals surface area contributed by atoms with E-state index < -0.39 is 11.5 Å². The van der Waals surface area contributed by atoms with Crippen molar-refractivity contribution in [3.63, 3.8) is 0 Å². The molecule has 1 fully saturated rings. The highest BCUT2D eigenvalue weighted by molar-refractivity contribution is 6.32. The second kappa shape index (κ2) is 6.69. The Morgan fingerprint density at radius 1 is 1.55 bits per heavy atom. The third-order valence-electron chi connectivity index (χ3n) is 2.78. The number of carbonyl (C=O) groups excluding carboxylic acids is 1. The summed E-state index contributed by atoms with van der Waals surface area (Å²) in [7, 11) is 1.24. The molecule has 1 saturated heterocycles. The highest BCUT2D eigenvalue weighted by Crippen LogP contribution is 2.16. The van der Waals surface area contributed by atoms with E-state index in [1.807, 2.05) is 5.01 Å². The Morgan fingerprint density at radius 2 is 2.25 bits per heavy atom. The molecule has 1 aromatic heterocycles. The second-order valence-electron chi connectivity index (χ2n) is 4.12. The number of nitrogens with zero attached hydrogens (tertiary/aromatic N) is 3. The number of morpholine rings is 1. The zero-order valence-electron chi connectivity index (χ0n) is 11.0. The van der Waals surface area contributed by atoms with Crippen LogP contribution in [0.2, 0.25) is 5.02 Å². The van der Waals surface area contributed by atoms with Gasteiger partial charge in [-0.1, -0.05) is 11.6 Å². The summed E-state index contributed by atoms with van der Waals surface area (Å²) in [5, 5.41) is 5.76. The average Bonchev–Trinajstić information content (AvgIpc) is 2.48. The minimum absolute atomic E-state index is 0.0182. The molecule has 20 heavy (non-hydrogen) atoms. The maximum Gasteiger partial charge on any atom is 0.327 e. The molecule has 9 heteroatoms. The predicted molar refractivity (Wildman–Crippen MR) is 71.5 cm³/mol. The lowest BCUT2D eigenvalue weighted by atomic mass is 10.4. The van der Waals surface area contributed by atoms with E-state index in [9.17, 15) is 9.59 Å². The first-order chi connectivity index (χ1) is 9.61. The van der Waals surface area contributed by atoms with Gasteiger partial charge in [-0.3, -0.25) is 9.59 Å². The standard InChI is InChI=1S/C11H15ClN4O4/c1-19-9(17)7-16-11(18)10(12)8(6-13-16)14-15-2-4-20-5-3-15/h6,14H,2-5,7H2,1H3. The third-order valence-corrected chi connectivity index (χ3v) is 3.15. The first-order valence-electron chi connectivity index (χ1n) is 6.03. The molecule has 0 spiro atoms. The van der Waals surface area contributed by atoms with Gasteiger partial charge in [0.05, 0.1) is 32.2 Å². The van der Waals surface area contributed by atoms with Crippen molar-refractivity contribution < 1.29 is 14.3 Å². The molecule has 2 rings (SSSR count). The molecular weight excluding hydrogens is 288 g/mol. The van der Waals surface area contributed by atoms with Gasteiger partial charge in [-0.2, -0.15) is 5.10 Å². The molecule has 0 amide bonds. The van der Waals surface area contributed by atoms with Crippen molar-refractivity contribution in [3.8, 4) is 0 Å². The molecule has 0 aliphatic carbocycles. The van der Waals surface area contributed by atoms with Gasteiger partial charge in [-0.25, -0.2) is 9.69 Å². The van der Waals surface area contributed by atoms with Crippen molar-refractivity contribution in [2.45, 2.75) is 6.54 Å². The van der Waals surface area contributed by atoms with Gasteiger partial charge >= 0.3 is 5.97 Å². The number of esters is 1. The van der Waals surface area contributed by atoms with Crippen LogP contribution in [0.1, 0.15) is 0 Å². The summed E-state index contributed by atoms with van der Waals surface area (Å²) < 4.78 is 10.7. The van der Waals surface area contributed by atoms with Gasteiger partial charge < -0.3 is 14.9 Å². The van der Waals surface area contributed by atoms with Gasteiger partial charge in [-0.15, -0.1) is 0 Å². The first kappa shape index (κ1) is 14.8. The van der Waals surface area contributed by atoms with Crippen LogP contribution in [-0.2, 0) is 20.8 Å². The highest BCUT2D eigenvalue weighted by Gasteiger charge is 2.15. The average molecular weight is 303 g/mol. The zero-order chi connectivity index (χ0) is 14.5. The van der Waals surface area contributed by atoms with Gasteiger partial charge in [0.2, 0.25) is 0 Å². The predicted octanol–water partition coefficient (Wildman–Crippen LogP) is -0.271. The van der Waals surface area contributed by atoms with Crippen molar-refractivity contribution in [3.05, 3.63) is 21.6 Å². The largest absolute Gasteiger partial charge is 0.468 e. The summed E-state index contributed by atoms with van der Waals surface area (Å²) in [6.07, 6.45) is 1.40. The minimum atomic E-state index is -0.565. The van der Waals surface area contributed by atoms with Crippen LogP contribution in [0.15, 0.2) is 11.0 Å². The summed E-state index contributed by atoms with van der Waals surface area (Å²) in [4.78, 5) is 23.1. The number of ether oxygens (including phenoxy) is 2. The molecule has 0 bridgehead atoms. The van der Waals surface area contributed by atoms with E-state index in [1.54, 1.807) is 0 Å². The van der Waals surface area contributed by atoms with Crippen molar-refractivity contribution in [2.75, 3.05) is 38.8 Å². The Bertz CT molecular complexity index is 542. The minimum Gasteiger partial charge on any atom is -0.468 e. The number of aromatic nitrogens is 2. The Morgan fingerprint density at radius 3 is 2.90 bits per heavy atom. The Balaban J connectivity index is 2.13. The third kappa shape index (κ3) is 3.47. The van der Waals surface area contributed by atoms with Crippen molar-refractivity contribution >= 4 is 23.3 Å². The monoisotopic (exact) mass is 302 g/mol. The number of anilines is 1. The molecule has 8 nitrogen and oxygen atoms in total. The molecule has 0 aromatic carbocycles. The van der Waals surface area contributed by atoms with Gasteiger partial charge in [0.1, 0.15) is 11.6 Å². The summed E-state index contributed by atoms with van der Waals surface area (Å²) in [5.41, 5.74) is 2.87. The number of carbonyl (C=O) groups is 1. The van der Waals surface area contributed by atoms with Crippen molar-refractivity contribution in [2.24, 2.45) is 0 Å². The molecule has 1 aliphatic heterocycles. The topological polar surface area (TPSA) is 85.7 Å². The quantitative estimate of drug-likeness (QED) is 0.766. The van der Waals surface area contributed by atoms with Gasteiger partial charge in [-0.05, 0) is 0 Å². The van der Waals surface area contributed by atoms with Crippen LogP contribution in [0.3, 0.4) is 0 Å². The molecule has 1 aliphatic rings. The summed E-state index contributed by atoms with van der Waals surface area (Å²) in [6.45, 7) is 2.31. The lowest BCUT2D eigenvalue weighted by molar-refractivity contribution is -0.141. The molecular formula is C11H15ClN4O4. The molecule has 2 heterocycles. The van der Waals surface area contributed by atoms with E-state index in [0.717, 1.165) is 4.68 Å². The number of nitrogens with one attached hydrogen (secondary N) is 1. The maximum absolute atomic E-state index is 12.0. The van der Waals surface area contributed by atoms with E-state index in [4.69, 9.17) is 16.3 Å². The van der Waals surface area contributed by atoms with Gasteiger partial charge in [0.25, 0.3) is 5.56 Å². The molecule has 1 aromatic rings. The van der Waals surface area contributed by atoms with Crippen LogP contribution in [-0.4, -0.2) is 54.2 Å². The van der Waals surface area contributed by atoms with E-state index in [2.05, 4.69) is 15.3 Å².